The van der Waals surface area contributed by atoms with Crippen LogP contribution in [-0.2, 0) is 0 Å². The van der Waals surface area contributed by atoms with Crippen molar-refractivity contribution in [1.29, 1.82) is 0 Å². The third-order valence-corrected chi connectivity index (χ3v) is 3.42. The lowest BCUT2D eigenvalue weighted by Gasteiger charge is -2.08. The summed E-state index contributed by atoms with van der Waals surface area (Å²) in [5.41, 5.74) is 2.63. The summed E-state index contributed by atoms with van der Waals surface area (Å²) in [5.74, 6) is 1.01. The van der Waals surface area contributed by atoms with Crippen LogP contribution in [0.2, 0.25) is 0 Å². The molecule has 0 unspecified atom stereocenters. The van der Waals surface area contributed by atoms with Crippen LogP contribution in [0.15, 0.2) is 18.2 Å². The van der Waals surface area contributed by atoms with E-state index in [1.165, 1.54) is 36.8 Å². The van der Waals surface area contributed by atoms with Crippen LogP contribution in [0, 0.1) is 13.8 Å². The van der Waals surface area contributed by atoms with Gasteiger partial charge in [0, 0.05) is 0 Å². The normalized spacial score (nSPS) is 10.7. The average Bonchev–Trinajstić information content (AvgIpc) is 2.41. The SMILES string of the molecule is CCCNCCCCCCOc1ccc(C)c(C)c1. The Balaban J connectivity index is 2.00. The van der Waals surface area contributed by atoms with Crippen molar-refractivity contribution in [2.75, 3.05) is 19.7 Å². The maximum Gasteiger partial charge on any atom is 0.119 e. The minimum atomic E-state index is 0.838. The van der Waals surface area contributed by atoms with Crippen molar-refractivity contribution in [1.82, 2.24) is 5.32 Å². The molecule has 0 atom stereocenters. The van der Waals surface area contributed by atoms with Gasteiger partial charge in [-0.15, -0.1) is 0 Å². The Morgan fingerprint density at radius 2 is 1.74 bits per heavy atom. The van der Waals surface area contributed by atoms with E-state index in [1.54, 1.807) is 0 Å². The van der Waals surface area contributed by atoms with Crippen LogP contribution >= 0.6 is 0 Å². The smallest absolute Gasteiger partial charge is 0.119 e. The van der Waals surface area contributed by atoms with Crippen molar-refractivity contribution in [2.45, 2.75) is 52.9 Å². The summed E-state index contributed by atoms with van der Waals surface area (Å²) in [5, 5.41) is 3.43. The lowest BCUT2D eigenvalue weighted by molar-refractivity contribution is 0.304. The highest BCUT2D eigenvalue weighted by Crippen LogP contribution is 2.16. The molecule has 0 bridgehead atoms. The monoisotopic (exact) mass is 263 g/mol. The molecular formula is C17H29NO. The van der Waals surface area contributed by atoms with Gasteiger partial charge in [-0.05, 0) is 69.5 Å². The molecule has 0 spiro atoms. The summed E-state index contributed by atoms with van der Waals surface area (Å²) in [6.45, 7) is 9.61. The number of aryl methyl sites for hydroxylation is 2. The van der Waals surface area contributed by atoms with Crippen LogP contribution in [-0.4, -0.2) is 19.7 Å². The fourth-order valence-corrected chi connectivity index (χ4v) is 2.00. The molecule has 0 saturated carbocycles. The zero-order valence-corrected chi connectivity index (χ0v) is 12.8. The van der Waals surface area contributed by atoms with E-state index >= 15 is 0 Å². The Bertz CT molecular complexity index is 349. The number of benzene rings is 1. The predicted octanol–water partition coefficient (Wildman–Crippen LogP) is 4.24. The van der Waals surface area contributed by atoms with Crippen LogP contribution < -0.4 is 10.1 Å². The number of ether oxygens (including phenoxy) is 1. The Morgan fingerprint density at radius 1 is 0.947 bits per heavy atom. The van der Waals surface area contributed by atoms with Gasteiger partial charge >= 0.3 is 0 Å². The summed E-state index contributed by atoms with van der Waals surface area (Å²) in [6, 6.07) is 6.32. The standard InChI is InChI=1S/C17H29NO/c1-4-11-18-12-7-5-6-8-13-19-17-10-9-15(2)16(3)14-17/h9-10,14,18H,4-8,11-13H2,1-3H3. The fraction of sp³-hybridized carbons (Fsp3) is 0.647. The van der Waals surface area contributed by atoms with Gasteiger partial charge in [0.1, 0.15) is 5.75 Å². The number of unbranched alkanes of at least 4 members (excludes halogenated alkanes) is 3. The Labute approximate surface area is 118 Å². The lowest BCUT2D eigenvalue weighted by atomic mass is 10.1. The molecule has 1 rings (SSSR count). The highest BCUT2D eigenvalue weighted by Gasteiger charge is 1.97. The van der Waals surface area contributed by atoms with Crippen molar-refractivity contribution in [3.8, 4) is 5.75 Å². The third kappa shape index (κ3) is 7.22. The second kappa shape index (κ2) is 9.85. The largest absolute Gasteiger partial charge is 0.494 e. The number of rotatable bonds is 10. The van der Waals surface area contributed by atoms with E-state index in [0.717, 1.165) is 31.9 Å². The molecule has 0 amide bonds. The van der Waals surface area contributed by atoms with Crippen LogP contribution in [0.5, 0.6) is 5.75 Å². The summed E-state index contributed by atoms with van der Waals surface area (Å²) in [4.78, 5) is 0. The van der Waals surface area contributed by atoms with Crippen LogP contribution in [0.4, 0.5) is 0 Å². The molecule has 19 heavy (non-hydrogen) atoms. The molecule has 0 aliphatic carbocycles. The van der Waals surface area contributed by atoms with Gasteiger partial charge in [-0.3, -0.25) is 0 Å². The summed E-state index contributed by atoms with van der Waals surface area (Å²) >= 11 is 0. The number of nitrogens with one attached hydrogen (secondary N) is 1. The van der Waals surface area contributed by atoms with E-state index in [9.17, 15) is 0 Å². The van der Waals surface area contributed by atoms with Crippen molar-refractivity contribution in [3.63, 3.8) is 0 Å². The molecule has 1 aromatic rings. The Morgan fingerprint density at radius 3 is 2.47 bits per heavy atom. The number of hydrogen-bond acceptors (Lipinski definition) is 2. The maximum atomic E-state index is 5.77. The summed E-state index contributed by atoms with van der Waals surface area (Å²) < 4.78 is 5.77. The highest BCUT2D eigenvalue weighted by atomic mass is 16.5. The van der Waals surface area contributed by atoms with Gasteiger partial charge in [0.15, 0.2) is 0 Å². The van der Waals surface area contributed by atoms with Gasteiger partial charge in [-0.1, -0.05) is 25.8 Å². The van der Waals surface area contributed by atoms with E-state index < -0.39 is 0 Å². The first-order chi connectivity index (χ1) is 9.24. The molecular weight excluding hydrogens is 234 g/mol. The minimum absolute atomic E-state index is 0.838. The van der Waals surface area contributed by atoms with E-state index in [1.807, 2.05) is 0 Å². The van der Waals surface area contributed by atoms with Gasteiger partial charge in [0.05, 0.1) is 6.61 Å². The molecule has 0 aromatic heterocycles. The number of hydrogen-bond donors (Lipinski definition) is 1. The van der Waals surface area contributed by atoms with Crippen LogP contribution in [0.3, 0.4) is 0 Å². The topological polar surface area (TPSA) is 21.3 Å². The van der Waals surface area contributed by atoms with Crippen molar-refractivity contribution < 1.29 is 4.74 Å². The molecule has 0 aliphatic rings. The second-order valence-corrected chi connectivity index (χ2v) is 5.26. The minimum Gasteiger partial charge on any atom is -0.494 e. The molecule has 0 aliphatic heterocycles. The molecule has 0 fully saturated rings. The van der Waals surface area contributed by atoms with E-state index in [4.69, 9.17) is 4.74 Å². The lowest BCUT2D eigenvalue weighted by Crippen LogP contribution is -2.15. The van der Waals surface area contributed by atoms with Crippen molar-refractivity contribution >= 4 is 0 Å². The summed E-state index contributed by atoms with van der Waals surface area (Å²) in [6.07, 6.45) is 6.22. The molecule has 0 radical (unpaired) electrons. The van der Waals surface area contributed by atoms with Crippen LogP contribution in [0.25, 0.3) is 0 Å². The van der Waals surface area contributed by atoms with Gasteiger partial charge < -0.3 is 10.1 Å². The first kappa shape index (κ1) is 16.0. The first-order valence-corrected chi connectivity index (χ1v) is 7.65. The van der Waals surface area contributed by atoms with E-state index in [-0.39, 0.29) is 0 Å². The van der Waals surface area contributed by atoms with Crippen molar-refractivity contribution in [3.05, 3.63) is 29.3 Å². The van der Waals surface area contributed by atoms with E-state index in [2.05, 4.69) is 44.3 Å². The Hall–Kier alpha value is -1.02. The zero-order valence-electron chi connectivity index (χ0n) is 12.8. The molecule has 108 valence electrons. The van der Waals surface area contributed by atoms with E-state index in [0.29, 0.717) is 0 Å². The molecule has 0 heterocycles. The highest BCUT2D eigenvalue weighted by molar-refractivity contribution is 5.33. The average molecular weight is 263 g/mol. The van der Waals surface area contributed by atoms with Gasteiger partial charge in [-0.25, -0.2) is 0 Å². The Kier molecular flexibility index (Phi) is 8.31. The van der Waals surface area contributed by atoms with Gasteiger partial charge in [-0.2, -0.15) is 0 Å². The molecule has 0 saturated heterocycles. The first-order valence-electron chi connectivity index (χ1n) is 7.65. The maximum absolute atomic E-state index is 5.77. The predicted molar refractivity (Wildman–Crippen MR) is 83.0 cm³/mol. The molecule has 1 N–H and O–H groups in total. The molecule has 1 aromatic carbocycles. The third-order valence-electron chi connectivity index (χ3n) is 3.42. The zero-order chi connectivity index (χ0) is 13.9. The molecule has 2 heteroatoms. The quantitative estimate of drug-likeness (QED) is 0.637. The van der Waals surface area contributed by atoms with Crippen LogP contribution in [0.1, 0.15) is 50.2 Å². The second-order valence-electron chi connectivity index (χ2n) is 5.26. The fourth-order valence-electron chi connectivity index (χ4n) is 2.00. The van der Waals surface area contributed by atoms with Gasteiger partial charge in [0.2, 0.25) is 0 Å². The molecule has 2 nitrogen and oxygen atoms in total. The van der Waals surface area contributed by atoms with Gasteiger partial charge in [0.25, 0.3) is 0 Å². The summed E-state index contributed by atoms with van der Waals surface area (Å²) in [7, 11) is 0. The van der Waals surface area contributed by atoms with Crippen molar-refractivity contribution in [2.24, 2.45) is 0 Å².